The van der Waals surface area contributed by atoms with E-state index in [1.807, 2.05) is 73.1 Å². The van der Waals surface area contributed by atoms with Crippen molar-refractivity contribution in [3.8, 4) is 11.4 Å². The van der Waals surface area contributed by atoms with Gasteiger partial charge < -0.3 is 10.1 Å². The molecule has 5 nitrogen and oxygen atoms in total. The summed E-state index contributed by atoms with van der Waals surface area (Å²) in [6.45, 7) is 4.03. The van der Waals surface area contributed by atoms with E-state index in [1.165, 1.54) is 0 Å². The molecule has 0 fully saturated rings. The van der Waals surface area contributed by atoms with Crippen LogP contribution < -0.4 is 10.1 Å². The summed E-state index contributed by atoms with van der Waals surface area (Å²) in [7, 11) is 1.62. The molecule has 26 heavy (non-hydrogen) atoms. The third kappa shape index (κ3) is 3.94. The summed E-state index contributed by atoms with van der Waals surface area (Å²) in [5.41, 5.74) is 4.96. The van der Waals surface area contributed by atoms with Crippen molar-refractivity contribution < 1.29 is 9.53 Å². The van der Waals surface area contributed by atoms with E-state index in [9.17, 15) is 4.79 Å². The second-order valence-electron chi connectivity index (χ2n) is 6.17. The van der Waals surface area contributed by atoms with E-state index in [0.29, 0.717) is 12.8 Å². The van der Waals surface area contributed by atoms with Gasteiger partial charge in [0.1, 0.15) is 5.75 Å². The summed E-state index contributed by atoms with van der Waals surface area (Å²) < 4.78 is 7.06. The number of anilines is 1. The summed E-state index contributed by atoms with van der Waals surface area (Å²) >= 11 is 0. The van der Waals surface area contributed by atoms with Crippen LogP contribution in [0.15, 0.2) is 54.6 Å². The maximum atomic E-state index is 12.3. The first-order valence-electron chi connectivity index (χ1n) is 8.63. The third-order valence-corrected chi connectivity index (χ3v) is 4.42. The van der Waals surface area contributed by atoms with Crippen LogP contribution in [0.3, 0.4) is 0 Å². The average Bonchev–Trinajstić information content (AvgIpc) is 2.95. The minimum atomic E-state index is -0.0126. The van der Waals surface area contributed by atoms with Crippen LogP contribution in [0.2, 0.25) is 0 Å². The van der Waals surface area contributed by atoms with Gasteiger partial charge in [-0.25, -0.2) is 4.68 Å². The Morgan fingerprint density at radius 3 is 2.42 bits per heavy atom. The summed E-state index contributed by atoms with van der Waals surface area (Å²) in [5, 5.41) is 7.55. The highest BCUT2D eigenvalue weighted by Crippen LogP contribution is 2.20. The van der Waals surface area contributed by atoms with Gasteiger partial charge in [0.25, 0.3) is 0 Å². The second-order valence-corrected chi connectivity index (χ2v) is 6.17. The minimum Gasteiger partial charge on any atom is -0.497 e. The SMILES string of the molecule is COc1ccc(NC(=O)CCc2c(C)nn(-c3ccccc3)c2C)cc1. The van der Waals surface area contributed by atoms with Gasteiger partial charge in [-0.3, -0.25) is 4.79 Å². The van der Waals surface area contributed by atoms with Crippen LogP contribution in [-0.2, 0) is 11.2 Å². The van der Waals surface area contributed by atoms with Gasteiger partial charge in [0.05, 0.1) is 18.5 Å². The summed E-state index contributed by atoms with van der Waals surface area (Å²) in [6.07, 6.45) is 1.07. The Labute approximate surface area is 153 Å². The molecule has 0 radical (unpaired) electrons. The number of hydrogen-bond acceptors (Lipinski definition) is 3. The van der Waals surface area contributed by atoms with E-state index >= 15 is 0 Å². The molecule has 0 aliphatic heterocycles. The number of carbonyl (C=O) groups excluding carboxylic acids is 1. The molecule has 134 valence electrons. The van der Waals surface area contributed by atoms with Crippen molar-refractivity contribution in [2.75, 3.05) is 12.4 Å². The van der Waals surface area contributed by atoms with Crippen molar-refractivity contribution in [1.82, 2.24) is 9.78 Å². The van der Waals surface area contributed by atoms with Crippen LogP contribution in [0.4, 0.5) is 5.69 Å². The van der Waals surface area contributed by atoms with Gasteiger partial charge in [0.2, 0.25) is 5.91 Å². The zero-order chi connectivity index (χ0) is 18.5. The van der Waals surface area contributed by atoms with Crippen molar-refractivity contribution in [2.24, 2.45) is 0 Å². The fourth-order valence-corrected chi connectivity index (χ4v) is 2.99. The lowest BCUT2D eigenvalue weighted by Gasteiger charge is -2.07. The van der Waals surface area contributed by atoms with Crippen LogP contribution in [-0.4, -0.2) is 22.8 Å². The van der Waals surface area contributed by atoms with E-state index in [4.69, 9.17) is 4.74 Å². The maximum Gasteiger partial charge on any atom is 0.224 e. The van der Waals surface area contributed by atoms with Gasteiger partial charge in [0.15, 0.2) is 0 Å². The minimum absolute atomic E-state index is 0.0126. The molecule has 1 amide bonds. The predicted molar refractivity (Wildman–Crippen MR) is 103 cm³/mol. The van der Waals surface area contributed by atoms with Gasteiger partial charge >= 0.3 is 0 Å². The number of aromatic nitrogens is 2. The molecule has 3 rings (SSSR count). The molecule has 1 N–H and O–H groups in total. The number of para-hydroxylation sites is 1. The monoisotopic (exact) mass is 349 g/mol. The van der Waals surface area contributed by atoms with Crippen LogP contribution in [0.25, 0.3) is 5.69 Å². The van der Waals surface area contributed by atoms with Gasteiger partial charge in [0, 0.05) is 17.8 Å². The van der Waals surface area contributed by atoms with E-state index < -0.39 is 0 Å². The highest BCUT2D eigenvalue weighted by Gasteiger charge is 2.14. The molecule has 1 heterocycles. The lowest BCUT2D eigenvalue weighted by Crippen LogP contribution is -2.12. The van der Waals surface area contributed by atoms with E-state index in [0.717, 1.165) is 34.1 Å². The highest BCUT2D eigenvalue weighted by atomic mass is 16.5. The van der Waals surface area contributed by atoms with E-state index in [1.54, 1.807) is 7.11 Å². The number of aryl methyl sites for hydroxylation is 1. The van der Waals surface area contributed by atoms with Crippen molar-refractivity contribution in [2.45, 2.75) is 26.7 Å². The van der Waals surface area contributed by atoms with Crippen LogP contribution in [0.1, 0.15) is 23.4 Å². The molecular weight excluding hydrogens is 326 g/mol. The number of rotatable bonds is 6. The Morgan fingerprint density at radius 2 is 1.77 bits per heavy atom. The maximum absolute atomic E-state index is 12.3. The molecule has 0 atom stereocenters. The Balaban J connectivity index is 1.65. The molecule has 0 saturated carbocycles. The fourth-order valence-electron chi connectivity index (χ4n) is 2.99. The van der Waals surface area contributed by atoms with Gasteiger partial charge in [-0.1, -0.05) is 18.2 Å². The van der Waals surface area contributed by atoms with E-state index in [2.05, 4.69) is 10.4 Å². The zero-order valence-electron chi connectivity index (χ0n) is 15.3. The first-order chi connectivity index (χ1) is 12.6. The molecule has 0 aliphatic carbocycles. The first kappa shape index (κ1) is 17.7. The molecular formula is C21H23N3O2. The number of carbonyl (C=O) groups is 1. The molecule has 0 aliphatic rings. The number of hydrogen-bond donors (Lipinski definition) is 1. The van der Waals surface area contributed by atoms with Crippen molar-refractivity contribution in [3.05, 3.63) is 71.5 Å². The number of ether oxygens (including phenoxy) is 1. The van der Waals surface area contributed by atoms with Gasteiger partial charge in [-0.2, -0.15) is 5.10 Å². The quantitative estimate of drug-likeness (QED) is 0.730. The van der Waals surface area contributed by atoms with Crippen molar-refractivity contribution >= 4 is 11.6 Å². The molecule has 2 aromatic carbocycles. The van der Waals surface area contributed by atoms with E-state index in [-0.39, 0.29) is 5.91 Å². The topological polar surface area (TPSA) is 56.1 Å². The van der Waals surface area contributed by atoms with Crippen LogP contribution in [0, 0.1) is 13.8 Å². The normalized spacial score (nSPS) is 10.6. The Morgan fingerprint density at radius 1 is 1.08 bits per heavy atom. The smallest absolute Gasteiger partial charge is 0.224 e. The highest BCUT2D eigenvalue weighted by molar-refractivity contribution is 5.90. The summed E-state index contributed by atoms with van der Waals surface area (Å²) in [6, 6.07) is 17.4. The van der Waals surface area contributed by atoms with Gasteiger partial charge in [-0.15, -0.1) is 0 Å². The molecule has 3 aromatic rings. The van der Waals surface area contributed by atoms with Crippen molar-refractivity contribution in [3.63, 3.8) is 0 Å². The predicted octanol–water partition coefficient (Wildman–Crippen LogP) is 4.07. The zero-order valence-corrected chi connectivity index (χ0v) is 15.3. The standard InChI is InChI=1S/C21H23N3O2/c1-15-20(16(2)24(23-15)18-7-5-4-6-8-18)13-14-21(25)22-17-9-11-19(26-3)12-10-17/h4-12H,13-14H2,1-3H3,(H,22,25). The lowest BCUT2D eigenvalue weighted by molar-refractivity contribution is -0.116. The van der Waals surface area contributed by atoms with Crippen LogP contribution >= 0.6 is 0 Å². The lowest BCUT2D eigenvalue weighted by atomic mass is 10.1. The second kappa shape index (κ2) is 7.87. The third-order valence-electron chi connectivity index (χ3n) is 4.42. The van der Waals surface area contributed by atoms with Crippen molar-refractivity contribution in [1.29, 1.82) is 0 Å². The van der Waals surface area contributed by atoms with Crippen LogP contribution in [0.5, 0.6) is 5.75 Å². The Kier molecular flexibility index (Phi) is 5.37. The number of nitrogens with one attached hydrogen (secondary N) is 1. The summed E-state index contributed by atoms with van der Waals surface area (Å²) in [4.78, 5) is 12.3. The van der Waals surface area contributed by atoms with Gasteiger partial charge in [-0.05, 0) is 62.2 Å². The Bertz CT molecular complexity index is 884. The first-order valence-corrected chi connectivity index (χ1v) is 8.63. The molecule has 0 saturated heterocycles. The Hall–Kier alpha value is -3.08. The molecule has 0 unspecified atom stereocenters. The number of nitrogens with zero attached hydrogens (tertiary/aromatic N) is 2. The largest absolute Gasteiger partial charge is 0.497 e. The fraction of sp³-hybridized carbons (Fsp3) is 0.238. The molecule has 0 bridgehead atoms. The molecule has 5 heteroatoms. The molecule has 0 spiro atoms. The number of benzene rings is 2. The average molecular weight is 349 g/mol. The number of amides is 1. The summed E-state index contributed by atoms with van der Waals surface area (Å²) in [5.74, 6) is 0.754. The molecule has 1 aromatic heterocycles. The number of methoxy groups -OCH3 is 1.